The number of hydrogen-bond donors (Lipinski definition) is 1. The second-order valence-corrected chi connectivity index (χ2v) is 3.10. The van der Waals surface area contributed by atoms with Crippen molar-refractivity contribution in [1.29, 1.82) is 5.26 Å². The van der Waals surface area contributed by atoms with Gasteiger partial charge in [0.1, 0.15) is 0 Å². The van der Waals surface area contributed by atoms with Gasteiger partial charge in [-0.15, -0.1) is 0 Å². The van der Waals surface area contributed by atoms with Crippen LogP contribution < -0.4 is 5.73 Å². The minimum atomic E-state index is -1.18. The molecule has 0 aliphatic rings. The lowest BCUT2D eigenvalue weighted by Crippen LogP contribution is -2.39. The maximum atomic E-state index is 11.3. The molecule has 0 heterocycles. The summed E-state index contributed by atoms with van der Waals surface area (Å²) < 4.78 is 0. The first-order chi connectivity index (χ1) is 6.67. The molecule has 0 fully saturated rings. The summed E-state index contributed by atoms with van der Waals surface area (Å²) >= 11 is 0. The summed E-state index contributed by atoms with van der Waals surface area (Å²) in [5, 5.41) is 9.05. The van der Waals surface area contributed by atoms with Crippen LogP contribution in [0.15, 0.2) is 30.3 Å². The minimum absolute atomic E-state index is 0.392. The lowest BCUT2D eigenvalue weighted by molar-refractivity contribution is -0.121. The maximum Gasteiger partial charge on any atom is 0.242 e. The number of hydrogen-bond acceptors (Lipinski definition) is 2. The third-order valence-electron chi connectivity index (χ3n) is 2.41. The van der Waals surface area contributed by atoms with Crippen molar-refractivity contribution >= 4 is 5.91 Å². The van der Waals surface area contributed by atoms with Gasteiger partial charge >= 0.3 is 0 Å². The van der Waals surface area contributed by atoms with Crippen molar-refractivity contribution in [2.45, 2.75) is 18.8 Å². The predicted molar refractivity (Wildman–Crippen MR) is 53.2 cm³/mol. The number of amides is 1. The number of nitrogens with two attached hydrogens (primary N) is 1. The van der Waals surface area contributed by atoms with Gasteiger partial charge in [-0.05, 0) is 12.0 Å². The molecule has 1 amide bonds. The number of primary amides is 1. The highest BCUT2D eigenvalue weighted by Gasteiger charge is 2.36. The fraction of sp³-hybridized carbons (Fsp3) is 0.273. The number of carbonyl (C=O) groups is 1. The van der Waals surface area contributed by atoms with E-state index in [2.05, 4.69) is 0 Å². The molecule has 3 heteroatoms. The molecular formula is C11H12N2O. The molecule has 0 aromatic heterocycles. The normalized spacial score (nSPS) is 14.0. The van der Waals surface area contributed by atoms with Gasteiger partial charge in [-0.25, -0.2) is 0 Å². The van der Waals surface area contributed by atoms with Crippen LogP contribution >= 0.6 is 0 Å². The van der Waals surface area contributed by atoms with Gasteiger partial charge in [0.05, 0.1) is 6.07 Å². The fourth-order valence-electron chi connectivity index (χ4n) is 1.44. The average molecular weight is 188 g/mol. The van der Waals surface area contributed by atoms with Gasteiger partial charge in [0.15, 0.2) is 5.41 Å². The Morgan fingerprint density at radius 1 is 1.50 bits per heavy atom. The Morgan fingerprint density at radius 2 is 2.07 bits per heavy atom. The van der Waals surface area contributed by atoms with Crippen LogP contribution in [0.2, 0.25) is 0 Å². The average Bonchev–Trinajstić information content (AvgIpc) is 2.22. The van der Waals surface area contributed by atoms with Crippen LogP contribution in [0.5, 0.6) is 0 Å². The van der Waals surface area contributed by atoms with E-state index in [0.29, 0.717) is 12.0 Å². The van der Waals surface area contributed by atoms with Gasteiger partial charge < -0.3 is 5.73 Å². The maximum absolute atomic E-state index is 11.3. The fourth-order valence-corrected chi connectivity index (χ4v) is 1.44. The van der Waals surface area contributed by atoms with Gasteiger partial charge in [-0.3, -0.25) is 4.79 Å². The molecular weight excluding hydrogens is 176 g/mol. The molecule has 1 rings (SSSR count). The summed E-state index contributed by atoms with van der Waals surface area (Å²) in [6, 6.07) is 10.9. The van der Waals surface area contributed by atoms with E-state index in [4.69, 9.17) is 11.0 Å². The molecule has 0 unspecified atom stereocenters. The smallest absolute Gasteiger partial charge is 0.242 e. The Bertz CT molecular complexity index is 367. The molecule has 0 saturated carbocycles. The molecule has 3 nitrogen and oxygen atoms in total. The highest BCUT2D eigenvalue weighted by atomic mass is 16.1. The Morgan fingerprint density at radius 3 is 2.43 bits per heavy atom. The lowest BCUT2D eigenvalue weighted by Gasteiger charge is -2.21. The van der Waals surface area contributed by atoms with Crippen molar-refractivity contribution in [3.63, 3.8) is 0 Å². The predicted octanol–water partition coefficient (Wildman–Crippen LogP) is 1.34. The van der Waals surface area contributed by atoms with E-state index in [1.807, 2.05) is 12.1 Å². The summed E-state index contributed by atoms with van der Waals surface area (Å²) in [4.78, 5) is 11.3. The third kappa shape index (κ3) is 1.47. The molecule has 1 aromatic carbocycles. The number of nitriles is 1. The van der Waals surface area contributed by atoms with Crippen LogP contribution in [-0.2, 0) is 10.2 Å². The zero-order chi connectivity index (χ0) is 10.6. The quantitative estimate of drug-likeness (QED) is 0.777. The summed E-state index contributed by atoms with van der Waals surface area (Å²) in [6.07, 6.45) is 0.392. The van der Waals surface area contributed by atoms with Gasteiger partial charge in [-0.1, -0.05) is 37.3 Å². The highest BCUT2D eigenvalue weighted by molar-refractivity contribution is 5.89. The topological polar surface area (TPSA) is 66.9 Å². The molecule has 2 N–H and O–H groups in total. The number of carbonyl (C=O) groups excluding carboxylic acids is 1. The monoisotopic (exact) mass is 188 g/mol. The van der Waals surface area contributed by atoms with Crippen LogP contribution in [0.3, 0.4) is 0 Å². The molecule has 0 bridgehead atoms. The molecule has 0 radical (unpaired) electrons. The summed E-state index contributed by atoms with van der Waals surface area (Å²) in [7, 11) is 0. The first-order valence-electron chi connectivity index (χ1n) is 4.44. The van der Waals surface area contributed by atoms with Crippen molar-refractivity contribution in [2.24, 2.45) is 5.73 Å². The van der Waals surface area contributed by atoms with E-state index in [1.165, 1.54) is 0 Å². The van der Waals surface area contributed by atoms with Gasteiger partial charge in [0.25, 0.3) is 0 Å². The van der Waals surface area contributed by atoms with E-state index >= 15 is 0 Å². The first-order valence-corrected chi connectivity index (χ1v) is 4.44. The Balaban J connectivity index is 3.27. The molecule has 1 atom stereocenters. The minimum Gasteiger partial charge on any atom is -0.368 e. The second-order valence-electron chi connectivity index (χ2n) is 3.10. The largest absolute Gasteiger partial charge is 0.368 e. The van der Waals surface area contributed by atoms with Crippen molar-refractivity contribution < 1.29 is 4.79 Å². The molecule has 0 aliphatic carbocycles. The van der Waals surface area contributed by atoms with Crippen LogP contribution in [0, 0.1) is 11.3 Å². The van der Waals surface area contributed by atoms with Crippen LogP contribution in [-0.4, -0.2) is 5.91 Å². The van der Waals surface area contributed by atoms with E-state index < -0.39 is 11.3 Å². The van der Waals surface area contributed by atoms with Crippen molar-refractivity contribution in [1.82, 2.24) is 0 Å². The molecule has 0 aliphatic heterocycles. The SMILES string of the molecule is CC[C@](C#N)(C(N)=O)c1ccccc1. The van der Waals surface area contributed by atoms with E-state index in [-0.39, 0.29) is 0 Å². The molecule has 0 saturated heterocycles. The van der Waals surface area contributed by atoms with E-state index in [0.717, 1.165) is 0 Å². The Kier molecular flexibility index (Phi) is 2.88. The summed E-state index contributed by atoms with van der Waals surface area (Å²) in [5.74, 6) is -0.589. The number of benzene rings is 1. The summed E-state index contributed by atoms with van der Waals surface area (Å²) in [5.41, 5.74) is 4.75. The lowest BCUT2D eigenvalue weighted by atomic mass is 9.79. The Labute approximate surface area is 83.2 Å². The van der Waals surface area contributed by atoms with Crippen LogP contribution in [0.25, 0.3) is 0 Å². The first kappa shape index (κ1) is 10.3. The third-order valence-corrected chi connectivity index (χ3v) is 2.41. The zero-order valence-corrected chi connectivity index (χ0v) is 8.03. The molecule has 0 spiro atoms. The number of rotatable bonds is 3. The van der Waals surface area contributed by atoms with Crippen LogP contribution in [0.4, 0.5) is 0 Å². The van der Waals surface area contributed by atoms with Gasteiger partial charge in [0, 0.05) is 0 Å². The van der Waals surface area contributed by atoms with Crippen molar-refractivity contribution in [2.75, 3.05) is 0 Å². The Hall–Kier alpha value is -1.82. The molecule has 72 valence electrons. The molecule has 1 aromatic rings. The standard InChI is InChI=1S/C11H12N2O/c1-2-11(8-12,10(13)14)9-6-4-3-5-7-9/h3-7H,2H2,1H3,(H2,13,14)/t11-/m1/s1. The zero-order valence-electron chi connectivity index (χ0n) is 8.03. The van der Waals surface area contributed by atoms with Crippen molar-refractivity contribution in [3.05, 3.63) is 35.9 Å². The van der Waals surface area contributed by atoms with Gasteiger partial charge in [0.2, 0.25) is 5.91 Å². The molecule has 14 heavy (non-hydrogen) atoms. The summed E-state index contributed by atoms with van der Waals surface area (Å²) in [6.45, 7) is 1.78. The van der Waals surface area contributed by atoms with E-state index in [1.54, 1.807) is 31.2 Å². The van der Waals surface area contributed by atoms with Gasteiger partial charge in [-0.2, -0.15) is 5.26 Å². The number of nitrogens with zero attached hydrogens (tertiary/aromatic N) is 1. The highest BCUT2D eigenvalue weighted by Crippen LogP contribution is 2.26. The second kappa shape index (κ2) is 3.93. The van der Waals surface area contributed by atoms with Crippen LogP contribution in [0.1, 0.15) is 18.9 Å². The van der Waals surface area contributed by atoms with Crippen molar-refractivity contribution in [3.8, 4) is 6.07 Å². The van der Waals surface area contributed by atoms with E-state index in [9.17, 15) is 4.79 Å².